The molecule has 0 aromatic carbocycles. The van der Waals surface area contributed by atoms with E-state index in [1.54, 1.807) is 0 Å². The number of hydrogen-bond acceptors (Lipinski definition) is 4. The smallest absolute Gasteiger partial charge is 0.177 e. The van der Waals surface area contributed by atoms with Crippen molar-refractivity contribution < 1.29 is 0 Å². The topological polar surface area (TPSA) is 57.7 Å². The van der Waals surface area contributed by atoms with Crippen LogP contribution in [0.5, 0.6) is 0 Å². The highest BCUT2D eigenvalue weighted by molar-refractivity contribution is 5.71. The fourth-order valence-electron chi connectivity index (χ4n) is 4.23. The fraction of sp³-hybridized carbons (Fsp3) is 0.476. The van der Waals surface area contributed by atoms with Gasteiger partial charge in [0.15, 0.2) is 5.65 Å². The SMILES string of the molecule is Cc1cc(C[C@@H]2CCN(C(C)c3cnc4nc(C)[nH]c4c3)C2)cc(C)n1. The molecule has 2 atom stereocenters. The Balaban J connectivity index is 1.45. The van der Waals surface area contributed by atoms with Gasteiger partial charge in [-0.15, -0.1) is 0 Å². The van der Waals surface area contributed by atoms with E-state index in [2.05, 4.69) is 63.8 Å². The molecule has 3 aromatic rings. The van der Waals surface area contributed by atoms with Crippen molar-refractivity contribution in [2.24, 2.45) is 5.92 Å². The molecule has 1 fully saturated rings. The molecule has 5 heteroatoms. The van der Waals surface area contributed by atoms with Crippen molar-refractivity contribution in [3.05, 3.63) is 52.7 Å². The molecule has 136 valence electrons. The molecular weight excluding hydrogens is 322 g/mol. The van der Waals surface area contributed by atoms with Crippen LogP contribution < -0.4 is 0 Å². The zero-order valence-corrected chi connectivity index (χ0v) is 16.1. The number of aromatic amines is 1. The number of likely N-dealkylation sites (tertiary alicyclic amines) is 1. The van der Waals surface area contributed by atoms with Crippen molar-refractivity contribution in [2.45, 2.75) is 46.6 Å². The number of aryl methyl sites for hydroxylation is 3. The highest BCUT2D eigenvalue weighted by Crippen LogP contribution is 2.30. The summed E-state index contributed by atoms with van der Waals surface area (Å²) in [5.74, 6) is 1.63. The molecule has 1 N–H and O–H groups in total. The van der Waals surface area contributed by atoms with Crippen LogP contribution in [0, 0.1) is 26.7 Å². The predicted octanol–water partition coefficient (Wildman–Crippen LogP) is 3.90. The lowest BCUT2D eigenvalue weighted by Crippen LogP contribution is -2.25. The van der Waals surface area contributed by atoms with E-state index in [9.17, 15) is 0 Å². The van der Waals surface area contributed by atoms with Gasteiger partial charge < -0.3 is 4.98 Å². The molecule has 26 heavy (non-hydrogen) atoms. The van der Waals surface area contributed by atoms with Gasteiger partial charge in [-0.25, -0.2) is 9.97 Å². The van der Waals surface area contributed by atoms with Gasteiger partial charge in [-0.3, -0.25) is 9.88 Å². The van der Waals surface area contributed by atoms with E-state index >= 15 is 0 Å². The summed E-state index contributed by atoms with van der Waals surface area (Å²) in [6, 6.07) is 7.05. The van der Waals surface area contributed by atoms with E-state index < -0.39 is 0 Å². The Bertz CT molecular complexity index is 909. The third-order valence-electron chi connectivity index (χ3n) is 5.49. The van der Waals surface area contributed by atoms with E-state index in [1.165, 1.54) is 17.5 Å². The molecule has 0 radical (unpaired) electrons. The molecule has 1 saturated heterocycles. The maximum atomic E-state index is 4.52. The summed E-state index contributed by atoms with van der Waals surface area (Å²) >= 11 is 0. The van der Waals surface area contributed by atoms with Crippen LogP contribution in [0.4, 0.5) is 0 Å². The van der Waals surface area contributed by atoms with E-state index in [1.807, 2.05) is 13.1 Å². The molecule has 0 spiro atoms. The molecule has 5 nitrogen and oxygen atoms in total. The van der Waals surface area contributed by atoms with Gasteiger partial charge in [0, 0.05) is 30.2 Å². The minimum atomic E-state index is 0.376. The van der Waals surface area contributed by atoms with E-state index in [0.717, 1.165) is 47.9 Å². The number of H-pyrrole nitrogens is 1. The summed E-state index contributed by atoms with van der Waals surface area (Å²) in [6.45, 7) is 10.7. The van der Waals surface area contributed by atoms with Crippen molar-refractivity contribution in [3.8, 4) is 0 Å². The number of imidazole rings is 1. The Morgan fingerprint density at radius 2 is 1.92 bits per heavy atom. The van der Waals surface area contributed by atoms with Crippen molar-refractivity contribution in [3.63, 3.8) is 0 Å². The first-order valence-electron chi connectivity index (χ1n) is 9.48. The highest BCUT2D eigenvalue weighted by Gasteiger charge is 2.27. The molecule has 0 amide bonds. The number of nitrogens with one attached hydrogen (secondary N) is 1. The van der Waals surface area contributed by atoms with Crippen LogP contribution in [-0.4, -0.2) is 37.9 Å². The average Bonchev–Trinajstić information content (AvgIpc) is 3.17. The fourth-order valence-corrected chi connectivity index (χ4v) is 4.23. The molecule has 1 aliphatic heterocycles. The summed E-state index contributed by atoms with van der Waals surface area (Å²) in [5, 5.41) is 0. The monoisotopic (exact) mass is 349 g/mol. The van der Waals surface area contributed by atoms with Crippen LogP contribution >= 0.6 is 0 Å². The standard InChI is InChI=1S/C21H27N5/c1-13-7-18(8-14(2)23-13)9-17-5-6-26(12-17)15(3)19-10-20-21(22-11-19)25-16(4)24-20/h7-8,10-11,15,17H,5-6,9,12H2,1-4H3,(H,22,24,25)/t15?,17-/m0/s1. The second-order valence-electron chi connectivity index (χ2n) is 7.75. The van der Waals surface area contributed by atoms with Gasteiger partial charge in [-0.1, -0.05) is 0 Å². The minimum Gasteiger partial charge on any atom is -0.341 e. The highest BCUT2D eigenvalue weighted by atomic mass is 15.2. The molecule has 0 saturated carbocycles. The Kier molecular flexibility index (Phi) is 4.49. The summed E-state index contributed by atoms with van der Waals surface area (Å²) in [6.07, 6.45) is 4.38. The first kappa shape index (κ1) is 17.2. The van der Waals surface area contributed by atoms with Crippen LogP contribution in [0.25, 0.3) is 11.2 Å². The van der Waals surface area contributed by atoms with E-state index in [0.29, 0.717) is 12.0 Å². The zero-order chi connectivity index (χ0) is 18.3. The number of nitrogens with zero attached hydrogens (tertiary/aromatic N) is 4. The second kappa shape index (κ2) is 6.80. The van der Waals surface area contributed by atoms with Crippen molar-refractivity contribution >= 4 is 11.2 Å². The summed E-state index contributed by atoms with van der Waals surface area (Å²) in [7, 11) is 0. The van der Waals surface area contributed by atoms with Gasteiger partial charge in [0.25, 0.3) is 0 Å². The quantitative estimate of drug-likeness (QED) is 0.776. The summed E-state index contributed by atoms with van der Waals surface area (Å²) < 4.78 is 0. The lowest BCUT2D eigenvalue weighted by molar-refractivity contribution is 0.252. The lowest BCUT2D eigenvalue weighted by atomic mass is 9.98. The maximum absolute atomic E-state index is 4.52. The molecule has 4 rings (SSSR count). The zero-order valence-electron chi connectivity index (χ0n) is 16.1. The first-order chi connectivity index (χ1) is 12.5. The van der Waals surface area contributed by atoms with Gasteiger partial charge in [0.2, 0.25) is 0 Å². The van der Waals surface area contributed by atoms with Crippen LogP contribution in [-0.2, 0) is 6.42 Å². The normalized spacial score (nSPS) is 19.3. The van der Waals surface area contributed by atoms with Crippen LogP contribution in [0.15, 0.2) is 24.4 Å². The van der Waals surface area contributed by atoms with Crippen LogP contribution in [0.1, 0.15) is 47.7 Å². The number of rotatable bonds is 4. The number of hydrogen-bond donors (Lipinski definition) is 1. The predicted molar refractivity (Wildman–Crippen MR) is 104 cm³/mol. The Hall–Kier alpha value is -2.27. The second-order valence-corrected chi connectivity index (χ2v) is 7.75. The lowest BCUT2D eigenvalue weighted by Gasteiger charge is -2.24. The van der Waals surface area contributed by atoms with Crippen molar-refractivity contribution in [1.82, 2.24) is 24.8 Å². The molecule has 0 bridgehead atoms. The third-order valence-corrected chi connectivity index (χ3v) is 5.49. The number of pyridine rings is 2. The summed E-state index contributed by atoms with van der Waals surface area (Å²) in [5.41, 5.74) is 6.77. The number of fused-ring (bicyclic) bond motifs is 1. The maximum Gasteiger partial charge on any atom is 0.177 e. The van der Waals surface area contributed by atoms with Gasteiger partial charge in [-0.05, 0) is 82.3 Å². The molecule has 1 unspecified atom stereocenters. The average molecular weight is 349 g/mol. The van der Waals surface area contributed by atoms with Gasteiger partial charge in [-0.2, -0.15) is 0 Å². The molecule has 0 aliphatic carbocycles. The van der Waals surface area contributed by atoms with Gasteiger partial charge in [0.1, 0.15) is 5.82 Å². The minimum absolute atomic E-state index is 0.376. The molecule has 3 aromatic heterocycles. The van der Waals surface area contributed by atoms with Crippen molar-refractivity contribution in [2.75, 3.05) is 13.1 Å². The molecule has 1 aliphatic rings. The van der Waals surface area contributed by atoms with Crippen LogP contribution in [0.2, 0.25) is 0 Å². The first-order valence-corrected chi connectivity index (χ1v) is 9.48. The Morgan fingerprint density at radius 1 is 1.15 bits per heavy atom. The van der Waals surface area contributed by atoms with Gasteiger partial charge >= 0.3 is 0 Å². The number of aromatic nitrogens is 4. The largest absolute Gasteiger partial charge is 0.341 e. The van der Waals surface area contributed by atoms with Crippen LogP contribution in [0.3, 0.4) is 0 Å². The van der Waals surface area contributed by atoms with Gasteiger partial charge in [0.05, 0.1) is 5.52 Å². The van der Waals surface area contributed by atoms with E-state index in [4.69, 9.17) is 0 Å². The Labute approximate surface area is 154 Å². The molecular formula is C21H27N5. The van der Waals surface area contributed by atoms with Crippen molar-refractivity contribution in [1.29, 1.82) is 0 Å². The summed E-state index contributed by atoms with van der Waals surface area (Å²) in [4.78, 5) is 19.3. The van der Waals surface area contributed by atoms with E-state index in [-0.39, 0.29) is 0 Å². The molecule has 4 heterocycles. The Morgan fingerprint density at radius 3 is 2.69 bits per heavy atom. The third kappa shape index (κ3) is 3.49.